The Kier molecular flexibility index (Phi) is 0.569. The van der Waals surface area contributed by atoms with Gasteiger partial charge in [0.1, 0.15) is 6.04 Å². The van der Waals surface area contributed by atoms with E-state index < -0.39 is 18.9 Å². The highest BCUT2D eigenvalue weighted by Gasteiger charge is 1.99. The SMILES string of the molecule is [2H]C([2H])([2H])[C@H](N)C(=O)O. The normalized spacial score (nSPS) is 23.2. The molecule has 0 rings (SSSR count). The average Bonchev–Trinajstić information content (AvgIpc) is 1.62. The van der Waals surface area contributed by atoms with E-state index in [9.17, 15) is 4.79 Å². The summed E-state index contributed by atoms with van der Waals surface area (Å²) >= 11 is 0. The van der Waals surface area contributed by atoms with Gasteiger partial charge in [-0.25, -0.2) is 0 Å². The monoisotopic (exact) mass is 92.1 g/mol. The van der Waals surface area contributed by atoms with Gasteiger partial charge in [0.25, 0.3) is 0 Å². The van der Waals surface area contributed by atoms with Gasteiger partial charge in [-0.15, -0.1) is 0 Å². The second-order valence-corrected chi connectivity index (χ2v) is 0.816. The Morgan fingerprint density at radius 2 is 2.83 bits per heavy atom. The van der Waals surface area contributed by atoms with E-state index in [1.807, 2.05) is 0 Å². The Balaban J connectivity index is 4.04. The van der Waals surface area contributed by atoms with Crippen LogP contribution in [0.2, 0.25) is 0 Å². The summed E-state index contributed by atoms with van der Waals surface area (Å²) in [4.78, 5) is 9.86. The van der Waals surface area contributed by atoms with Crippen LogP contribution in [0.1, 0.15) is 11.0 Å². The van der Waals surface area contributed by atoms with Crippen LogP contribution >= 0.6 is 0 Å². The molecule has 0 aromatic carbocycles. The fraction of sp³-hybridized carbons (Fsp3) is 0.667. The lowest BCUT2D eigenvalue weighted by molar-refractivity contribution is -0.138. The maximum absolute atomic E-state index is 9.86. The second kappa shape index (κ2) is 1.77. The molecular formula is C3H7NO2. The van der Waals surface area contributed by atoms with E-state index >= 15 is 0 Å². The Bertz CT molecular complexity index is 121. The highest BCUT2D eigenvalue weighted by atomic mass is 16.4. The predicted octanol–water partition coefficient (Wildman–Crippen LogP) is -0.582. The van der Waals surface area contributed by atoms with Crippen molar-refractivity contribution in [2.75, 3.05) is 0 Å². The summed E-state index contributed by atoms with van der Waals surface area (Å²) in [6, 6.07) is -1.77. The van der Waals surface area contributed by atoms with Crippen molar-refractivity contribution in [2.24, 2.45) is 5.73 Å². The van der Waals surface area contributed by atoms with Crippen molar-refractivity contribution >= 4 is 5.97 Å². The molecule has 0 aromatic rings. The standard InChI is InChI=1S/C3H7NO2/c1-2(4)3(5)6/h2H,4H2,1H3,(H,5,6)/t2-/m0/s1/i1D3. The fourth-order valence-corrected chi connectivity index (χ4v) is 0. The third-order valence-electron chi connectivity index (χ3n) is 0.266. The van der Waals surface area contributed by atoms with Gasteiger partial charge in [-0.1, -0.05) is 0 Å². The smallest absolute Gasteiger partial charge is 0.320 e. The summed E-state index contributed by atoms with van der Waals surface area (Å²) in [5.41, 5.74) is 4.73. The van der Waals surface area contributed by atoms with Crippen molar-refractivity contribution in [3.8, 4) is 0 Å². The van der Waals surface area contributed by atoms with Gasteiger partial charge in [0, 0.05) is 4.11 Å². The van der Waals surface area contributed by atoms with E-state index in [1.54, 1.807) is 0 Å². The van der Waals surface area contributed by atoms with Crippen molar-refractivity contribution in [2.45, 2.75) is 12.9 Å². The summed E-state index contributed by atoms with van der Waals surface area (Å²) in [7, 11) is 0. The van der Waals surface area contributed by atoms with Crippen molar-refractivity contribution < 1.29 is 14.0 Å². The van der Waals surface area contributed by atoms with Gasteiger partial charge in [0.15, 0.2) is 0 Å². The Hall–Kier alpha value is -0.570. The largest absolute Gasteiger partial charge is 0.480 e. The maximum atomic E-state index is 9.86. The number of nitrogens with two attached hydrogens (primary N) is 1. The molecule has 0 saturated carbocycles. The highest BCUT2D eigenvalue weighted by Crippen LogP contribution is 1.68. The van der Waals surface area contributed by atoms with E-state index in [1.165, 1.54) is 0 Å². The van der Waals surface area contributed by atoms with Gasteiger partial charge >= 0.3 is 5.97 Å². The topological polar surface area (TPSA) is 63.3 Å². The number of aliphatic carboxylic acids is 1. The Morgan fingerprint density at radius 1 is 2.33 bits per heavy atom. The van der Waals surface area contributed by atoms with Crippen molar-refractivity contribution in [1.29, 1.82) is 0 Å². The van der Waals surface area contributed by atoms with Crippen LogP contribution in [0.4, 0.5) is 0 Å². The molecule has 3 heteroatoms. The number of hydrogen-bond acceptors (Lipinski definition) is 2. The van der Waals surface area contributed by atoms with Crippen LogP contribution in [0, 0.1) is 0 Å². The summed E-state index contributed by atoms with van der Waals surface area (Å²) in [5.74, 6) is -1.50. The highest BCUT2D eigenvalue weighted by molar-refractivity contribution is 5.72. The molecule has 0 aliphatic heterocycles. The minimum atomic E-state index is -2.59. The third kappa shape index (κ3) is 1.72. The van der Waals surface area contributed by atoms with Gasteiger partial charge in [-0.3, -0.25) is 4.79 Å². The summed E-state index contributed by atoms with van der Waals surface area (Å²) in [6.07, 6.45) is 0. The number of carbonyl (C=O) groups is 1. The zero-order valence-electron chi connectivity index (χ0n) is 6.01. The van der Waals surface area contributed by atoms with E-state index in [0.717, 1.165) is 0 Å². The maximum Gasteiger partial charge on any atom is 0.320 e. The van der Waals surface area contributed by atoms with Crippen LogP contribution in [0.5, 0.6) is 0 Å². The molecule has 1 atom stereocenters. The number of carboxylic acid groups (broad SMARTS) is 1. The molecule has 6 heavy (non-hydrogen) atoms. The van der Waals surface area contributed by atoms with Crippen molar-refractivity contribution in [3.05, 3.63) is 0 Å². The van der Waals surface area contributed by atoms with Crippen LogP contribution in [0.3, 0.4) is 0 Å². The molecule has 0 radical (unpaired) electrons. The lowest BCUT2D eigenvalue weighted by Crippen LogP contribution is -2.25. The molecule has 0 unspecified atom stereocenters. The Labute approximate surface area is 40.0 Å². The summed E-state index contributed by atoms with van der Waals surface area (Å²) < 4.78 is 19.5. The molecule has 0 aromatic heterocycles. The number of hydrogen-bond donors (Lipinski definition) is 2. The molecular weight excluding hydrogens is 82.0 g/mol. The van der Waals surface area contributed by atoms with Gasteiger partial charge < -0.3 is 10.8 Å². The zero-order valence-corrected chi connectivity index (χ0v) is 3.01. The second-order valence-electron chi connectivity index (χ2n) is 0.816. The van der Waals surface area contributed by atoms with Gasteiger partial charge in [0.2, 0.25) is 0 Å². The molecule has 0 aliphatic rings. The number of carboxylic acids is 1. The fourth-order valence-electron chi connectivity index (χ4n) is 0. The number of rotatable bonds is 1. The average molecular weight is 92.1 g/mol. The third-order valence-corrected chi connectivity index (χ3v) is 0.266. The minimum Gasteiger partial charge on any atom is -0.480 e. The zero-order chi connectivity index (χ0) is 7.65. The first kappa shape index (κ1) is 1.93. The van der Waals surface area contributed by atoms with Crippen molar-refractivity contribution in [3.63, 3.8) is 0 Å². The van der Waals surface area contributed by atoms with E-state index in [2.05, 4.69) is 0 Å². The van der Waals surface area contributed by atoms with Crippen LogP contribution in [-0.4, -0.2) is 17.1 Å². The molecule has 3 nitrogen and oxygen atoms in total. The first-order chi connectivity index (χ1) is 3.85. The molecule has 0 aliphatic carbocycles. The first-order valence-corrected chi connectivity index (χ1v) is 1.34. The van der Waals surface area contributed by atoms with Crippen molar-refractivity contribution in [1.82, 2.24) is 0 Å². The van der Waals surface area contributed by atoms with Crippen LogP contribution < -0.4 is 5.73 Å². The van der Waals surface area contributed by atoms with Crippen LogP contribution in [0.25, 0.3) is 0 Å². The minimum absolute atomic E-state index is 1.50. The quantitative estimate of drug-likeness (QED) is 0.454. The molecule has 0 saturated heterocycles. The molecule has 36 valence electrons. The lowest BCUT2D eigenvalue weighted by Gasteiger charge is -1.90. The first-order valence-electron chi connectivity index (χ1n) is 2.84. The molecule has 0 spiro atoms. The van der Waals surface area contributed by atoms with Gasteiger partial charge in [-0.2, -0.15) is 0 Å². The van der Waals surface area contributed by atoms with Crippen LogP contribution in [0.15, 0.2) is 0 Å². The van der Waals surface area contributed by atoms with E-state index in [0.29, 0.717) is 0 Å². The summed E-state index contributed by atoms with van der Waals surface area (Å²) in [5, 5.41) is 8.03. The van der Waals surface area contributed by atoms with Crippen LogP contribution in [-0.2, 0) is 4.79 Å². The molecule has 0 heterocycles. The molecule has 0 amide bonds. The summed E-state index contributed by atoms with van der Waals surface area (Å²) in [6.45, 7) is -2.59. The Morgan fingerprint density at radius 3 is 2.83 bits per heavy atom. The predicted molar refractivity (Wildman–Crippen MR) is 21.3 cm³/mol. The molecule has 0 bridgehead atoms. The lowest BCUT2D eigenvalue weighted by atomic mass is 10.4. The van der Waals surface area contributed by atoms with Gasteiger partial charge in [0.05, 0.1) is 0 Å². The van der Waals surface area contributed by atoms with Gasteiger partial charge in [-0.05, 0) is 6.85 Å². The molecule has 3 N–H and O–H groups in total. The van der Waals surface area contributed by atoms with E-state index in [4.69, 9.17) is 15.0 Å². The van der Waals surface area contributed by atoms with E-state index in [-0.39, 0.29) is 0 Å². The molecule has 0 fully saturated rings.